The van der Waals surface area contributed by atoms with Gasteiger partial charge in [-0.25, -0.2) is 4.98 Å². The number of methoxy groups -OCH3 is 2. The Hall–Kier alpha value is -2.87. The van der Waals surface area contributed by atoms with Crippen LogP contribution in [0.15, 0.2) is 29.0 Å². The van der Waals surface area contributed by atoms with Gasteiger partial charge in [0.2, 0.25) is 5.78 Å². The fourth-order valence-electron chi connectivity index (χ4n) is 3.35. The van der Waals surface area contributed by atoms with E-state index in [0.717, 1.165) is 34.3 Å². The number of benzene rings is 1. The number of nitrogens with zero attached hydrogens (tertiary/aromatic N) is 3. The molecule has 0 amide bonds. The highest BCUT2D eigenvalue weighted by molar-refractivity contribution is 7.13. The van der Waals surface area contributed by atoms with E-state index in [4.69, 9.17) is 9.47 Å². The highest BCUT2D eigenvalue weighted by Gasteiger charge is 2.31. The molecule has 140 valence electrons. The van der Waals surface area contributed by atoms with Gasteiger partial charge in [-0.2, -0.15) is 0 Å². The number of rotatable bonds is 4. The Kier molecular flexibility index (Phi) is 4.35. The Bertz CT molecular complexity index is 993. The summed E-state index contributed by atoms with van der Waals surface area (Å²) < 4.78 is 10.8. The number of aromatic nitrogens is 1. The highest BCUT2D eigenvalue weighted by atomic mass is 32.1. The minimum absolute atomic E-state index is 0.0595. The molecule has 0 atom stereocenters. The van der Waals surface area contributed by atoms with Crippen LogP contribution in [0.3, 0.4) is 0 Å². The minimum atomic E-state index is -0.0595. The van der Waals surface area contributed by atoms with Crippen LogP contribution < -0.4 is 14.8 Å². The zero-order valence-corrected chi connectivity index (χ0v) is 16.4. The van der Waals surface area contributed by atoms with Crippen molar-refractivity contribution < 1.29 is 14.3 Å². The summed E-state index contributed by atoms with van der Waals surface area (Å²) >= 11 is 1.41. The quantitative estimate of drug-likeness (QED) is 0.645. The van der Waals surface area contributed by atoms with Gasteiger partial charge < -0.3 is 19.7 Å². The van der Waals surface area contributed by atoms with Crippen LogP contribution in [0.25, 0.3) is 0 Å². The van der Waals surface area contributed by atoms with Crippen LogP contribution in [0.2, 0.25) is 0 Å². The molecule has 1 N–H and O–H groups in total. The lowest BCUT2D eigenvalue weighted by molar-refractivity contribution is 0.104. The maximum atomic E-state index is 12.8. The Morgan fingerprint density at radius 1 is 1.26 bits per heavy atom. The van der Waals surface area contributed by atoms with E-state index in [2.05, 4.69) is 15.3 Å². The average Bonchev–Trinajstić information content (AvgIpc) is 3.27. The maximum absolute atomic E-state index is 12.8. The smallest absolute Gasteiger partial charge is 0.201 e. The summed E-state index contributed by atoms with van der Waals surface area (Å²) in [6, 6.07) is 3.78. The second-order valence-corrected chi connectivity index (χ2v) is 7.48. The first-order valence-electron chi connectivity index (χ1n) is 8.57. The first-order chi connectivity index (χ1) is 13.0. The Morgan fingerprint density at radius 2 is 2.00 bits per heavy atom. The molecule has 0 fully saturated rings. The van der Waals surface area contributed by atoms with E-state index < -0.39 is 0 Å². The second kappa shape index (κ2) is 6.70. The molecule has 0 bridgehead atoms. The third kappa shape index (κ3) is 2.95. The summed E-state index contributed by atoms with van der Waals surface area (Å²) in [6.45, 7) is 5.16. The molecule has 1 aromatic heterocycles. The third-order valence-electron chi connectivity index (χ3n) is 4.55. The first kappa shape index (κ1) is 17.5. The lowest BCUT2D eigenvalue weighted by atomic mass is 10.1. The average molecular weight is 384 g/mol. The molecule has 0 radical (unpaired) electrons. The monoisotopic (exact) mass is 384 g/mol. The number of ketones is 1. The number of hydrogen-bond donors (Lipinski definition) is 1. The lowest BCUT2D eigenvalue weighted by Gasteiger charge is -2.31. The van der Waals surface area contributed by atoms with Gasteiger partial charge in [-0.15, -0.1) is 11.3 Å². The zero-order valence-electron chi connectivity index (χ0n) is 15.6. The largest absolute Gasteiger partial charge is 0.493 e. The van der Waals surface area contributed by atoms with Gasteiger partial charge >= 0.3 is 0 Å². The van der Waals surface area contributed by atoms with Crippen molar-refractivity contribution >= 4 is 28.6 Å². The molecule has 0 unspecified atom stereocenters. The molecule has 0 saturated heterocycles. The Morgan fingerprint density at radius 3 is 2.67 bits per heavy atom. The van der Waals surface area contributed by atoms with Crippen LogP contribution >= 0.6 is 11.3 Å². The van der Waals surface area contributed by atoms with Crippen molar-refractivity contribution in [3.63, 3.8) is 0 Å². The van der Waals surface area contributed by atoms with Crippen molar-refractivity contribution in [1.82, 2.24) is 9.88 Å². The molecule has 8 heteroatoms. The number of fused-ring (bicyclic) bond motifs is 3. The predicted molar refractivity (Wildman–Crippen MR) is 105 cm³/mol. The SMILES string of the molecule is COc1cc2c(cc1OC)C1=NCCN1/C(=C/C(=O)c1sc(C)nc1C)N2. The van der Waals surface area contributed by atoms with Crippen molar-refractivity contribution in [2.24, 2.45) is 4.99 Å². The number of allylic oxidation sites excluding steroid dienone is 1. The van der Waals surface area contributed by atoms with Crippen LogP contribution in [0.1, 0.15) is 25.9 Å². The van der Waals surface area contributed by atoms with Gasteiger partial charge in [-0.3, -0.25) is 9.79 Å². The molecule has 3 heterocycles. The van der Waals surface area contributed by atoms with Gasteiger partial charge in [0.05, 0.1) is 42.0 Å². The summed E-state index contributed by atoms with van der Waals surface area (Å²) in [5, 5.41) is 4.24. The normalized spacial score (nSPS) is 16.5. The van der Waals surface area contributed by atoms with Gasteiger partial charge in [0.15, 0.2) is 11.5 Å². The number of anilines is 1. The molecule has 4 rings (SSSR count). The van der Waals surface area contributed by atoms with Crippen molar-refractivity contribution in [3.8, 4) is 11.5 Å². The van der Waals surface area contributed by atoms with E-state index in [-0.39, 0.29) is 5.78 Å². The maximum Gasteiger partial charge on any atom is 0.201 e. The number of aryl methyl sites for hydroxylation is 2. The molecule has 0 saturated carbocycles. The van der Waals surface area contributed by atoms with E-state index >= 15 is 0 Å². The number of nitrogens with one attached hydrogen (secondary N) is 1. The van der Waals surface area contributed by atoms with E-state index in [0.29, 0.717) is 28.7 Å². The molecule has 7 nitrogen and oxygen atoms in total. The van der Waals surface area contributed by atoms with E-state index in [1.54, 1.807) is 20.3 Å². The number of carbonyl (C=O) groups is 1. The standard InChI is InChI=1S/C19H20N4O3S/c1-10-18(27-11(2)21-10)14(24)9-17-22-13-8-16(26-4)15(25-3)7-12(13)19-20-5-6-23(17)19/h7-9,22H,5-6H2,1-4H3/b17-9+. The van der Waals surface area contributed by atoms with Crippen LogP contribution in [0.4, 0.5) is 5.69 Å². The van der Waals surface area contributed by atoms with Crippen molar-refractivity contribution in [1.29, 1.82) is 0 Å². The van der Waals surface area contributed by atoms with E-state index in [1.165, 1.54) is 11.3 Å². The molecular formula is C19H20N4O3S. The first-order valence-corrected chi connectivity index (χ1v) is 9.39. The zero-order chi connectivity index (χ0) is 19.1. The van der Waals surface area contributed by atoms with Crippen molar-refractivity contribution in [3.05, 3.63) is 45.2 Å². The van der Waals surface area contributed by atoms with Crippen LogP contribution in [-0.2, 0) is 0 Å². The fraction of sp³-hybridized carbons (Fsp3) is 0.316. The van der Waals surface area contributed by atoms with Gasteiger partial charge in [0, 0.05) is 24.3 Å². The summed E-state index contributed by atoms with van der Waals surface area (Å²) in [5.41, 5.74) is 2.53. The molecule has 1 aromatic carbocycles. The molecule has 0 spiro atoms. The molecular weight excluding hydrogens is 364 g/mol. The van der Waals surface area contributed by atoms with Crippen LogP contribution in [0, 0.1) is 13.8 Å². The molecule has 2 aliphatic rings. The third-order valence-corrected chi connectivity index (χ3v) is 5.64. The summed E-state index contributed by atoms with van der Waals surface area (Å²) in [6.07, 6.45) is 1.63. The molecule has 2 aliphatic heterocycles. The molecule has 0 aliphatic carbocycles. The number of aliphatic imine (C=N–C) groups is 1. The van der Waals surface area contributed by atoms with Crippen molar-refractivity contribution in [2.45, 2.75) is 13.8 Å². The van der Waals surface area contributed by atoms with E-state index in [9.17, 15) is 4.79 Å². The number of thiazole rings is 1. The number of ether oxygens (including phenoxy) is 2. The molecule has 27 heavy (non-hydrogen) atoms. The number of hydrogen-bond acceptors (Lipinski definition) is 8. The summed E-state index contributed by atoms with van der Waals surface area (Å²) in [5.74, 6) is 2.75. The van der Waals surface area contributed by atoms with Gasteiger partial charge in [0.1, 0.15) is 11.7 Å². The highest BCUT2D eigenvalue weighted by Crippen LogP contribution is 2.38. The number of amidine groups is 1. The van der Waals surface area contributed by atoms with Gasteiger partial charge in [-0.05, 0) is 19.9 Å². The number of carbonyl (C=O) groups excluding carboxylic acids is 1. The fourth-order valence-corrected chi connectivity index (χ4v) is 4.18. The predicted octanol–water partition coefficient (Wildman–Crippen LogP) is 2.99. The summed E-state index contributed by atoms with van der Waals surface area (Å²) in [7, 11) is 3.21. The lowest BCUT2D eigenvalue weighted by Crippen LogP contribution is -2.36. The van der Waals surface area contributed by atoms with Crippen LogP contribution in [0.5, 0.6) is 11.5 Å². The van der Waals surface area contributed by atoms with E-state index in [1.807, 2.05) is 30.9 Å². The van der Waals surface area contributed by atoms with Crippen molar-refractivity contribution in [2.75, 3.05) is 32.6 Å². The van der Waals surface area contributed by atoms with Gasteiger partial charge in [0.25, 0.3) is 0 Å². The van der Waals surface area contributed by atoms with Crippen LogP contribution in [-0.4, -0.2) is 48.8 Å². The Labute approximate surface area is 161 Å². The molecule has 2 aromatic rings. The topological polar surface area (TPSA) is 76.1 Å². The summed E-state index contributed by atoms with van der Waals surface area (Å²) in [4.78, 5) is 24.5. The van der Waals surface area contributed by atoms with Gasteiger partial charge in [-0.1, -0.05) is 0 Å². The second-order valence-electron chi connectivity index (χ2n) is 6.28. The minimum Gasteiger partial charge on any atom is -0.493 e. The Balaban J connectivity index is 1.76.